The first-order chi connectivity index (χ1) is 15.4. The van der Waals surface area contributed by atoms with E-state index in [2.05, 4.69) is 25.6 Å². The number of non-ortho nitro benzene ring substituents is 1. The summed E-state index contributed by atoms with van der Waals surface area (Å²) in [6.45, 7) is 3.63. The van der Waals surface area contributed by atoms with Gasteiger partial charge in [-0.2, -0.15) is 9.78 Å². The second-order valence-electron chi connectivity index (χ2n) is 6.99. The van der Waals surface area contributed by atoms with E-state index in [-0.39, 0.29) is 30.1 Å². The first kappa shape index (κ1) is 20.8. The van der Waals surface area contributed by atoms with E-state index >= 15 is 0 Å². The Morgan fingerprint density at radius 3 is 2.66 bits per heavy atom. The zero-order valence-electron chi connectivity index (χ0n) is 17.1. The van der Waals surface area contributed by atoms with Gasteiger partial charge in [-0.1, -0.05) is 17.3 Å². The highest BCUT2D eigenvalue weighted by atomic mass is 16.6. The van der Waals surface area contributed by atoms with Gasteiger partial charge >= 0.3 is 5.97 Å². The summed E-state index contributed by atoms with van der Waals surface area (Å²) in [6.07, 6.45) is -0.226. The lowest BCUT2D eigenvalue weighted by Gasteiger charge is -2.08. The predicted molar refractivity (Wildman–Crippen MR) is 109 cm³/mol. The predicted octanol–water partition coefficient (Wildman–Crippen LogP) is 2.91. The van der Waals surface area contributed by atoms with Crippen molar-refractivity contribution in [1.29, 1.82) is 0 Å². The monoisotopic (exact) mass is 435 g/mol. The number of nitro benzene ring substituents is 1. The molecule has 4 rings (SSSR count). The number of aromatic nitrogens is 6. The third-order valence-corrected chi connectivity index (χ3v) is 4.23. The van der Waals surface area contributed by atoms with Crippen molar-refractivity contribution in [3.05, 3.63) is 70.1 Å². The van der Waals surface area contributed by atoms with Crippen molar-refractivity contribution in [2.24, 2.45) is 0 Å². The molecule has 0 aliphatic heterocycles. The second-order valence-corrected chi connectivity index (χ2v) is 6.99. The van der Waals surface area contributed by atoms with Crippen molar-refractivity contribution in [2.45, 2.75) is 26.5 Å². The van der Waals surface area contributed by atoms with Gasteiger partial charge in [0, 0.05) is 23.3 Å². The van der Waals surface area contributed by atoms with Gasteiger partial charge < -0.3 is 9.26 Å². The summed E-state index contributed by atoms with van der Waals surface area (Å²) in [5, 5.41) is 26.9. The normalized spacial score (nSPS) is 11.0. The van der Waals surface area contributed by atoms with Gasteiger partial charge in [0.05, 0.1) is 16.6 Å². The van der Waals surface area contributed by atoms with E-state index in [1.807, 2.05) is 0 Å². The minimum Gasteiger partial charge on any atom is -0.459 e. The molecule has 0 aliphatic carbocycles. The number of ether oxygens (including phenoxy) is 1. The molecule has 0 N–H and O–H groups in total. The minimum absolute atomic E-state index is 0.0293. The highest BCUT2D eigenvalue weighted by molar-refractivity contribution is 5.90. The minimum atomic E-state index is -0.484. The highest BCUT2D eigenvalue weighted by Crippen LogP contribution is 2.20. The van der Waals surface area contributed by atoms with Gasteiger partial charge in [-0.25, -0.2) is 4.79 Å². The van der Waals surface area contributed by atoms with Crippen LogP contribution in [-0.4, -0.2) is 47.3 Å². The summed E-state index contributed by atoms with van der Waals surface area (Å²) in [4.78, 5) is 27.9. The number of hydrogen-bond donors (Lipinski definition) is 0. The molecule has 0 saturated carbocycles. The van der Waals surface area contributed by atoms with Crippen LogP contribution in [-0.2, 0) is 11.3 Å². The molecule has 2 heterocycles. The second kappa shape index (κ2) is 8.71. The molecule has 162 valence electrons. The summed E-state index contributed by atoms with van der Waals surface area (Å²) in [7, 11) is 0. The third-order valence-electron chi connectivity index (χ3n) is 4.23. The van der Waals surface area contributed by atoms with Crippen LogP contribution in [0, 0.1) is 10.1 Å². The van der Waals surface area contributed by atoms with Crippen LogP contribution < -0.4 is 0 Å². The number of carbonyl (C=O) groups excluding carboxylic acids is 1. The van der Waals surface area contributed by atoms with Crippen molar-refractivity contribution in [1.82, 2.24) is 30.3 Å². The van der Waals surface area contributed by atoms with E-state index in [9.17, 15) is 14.9 Å². The Morgan fingerprint density at radius 2 is 1.94 bits per heavy atom. The maximum Gasteiger partial charge on any atom is 0.338 e. The number of rotatable bonds is 7. The zero-order valence-corrected chi connectivity index (χ0v) is 17.1. The van der Waals surface area contributed by atoms with Crippen LogP contribution in [0.25, 0.3) is 22.8 Å². The molecule has 12 nitrogen and oxygen atoms in total. The summed E-state index contributed by atoms with van der Waals surface area (Å²) in [5.74, 6) is 0.404. The van der Waals surface area contributed by atoms with Crippen LogP contribution in [0.2, 0.25) is 0 Å². The van der Waals surface area contributed by atoms with E-state index in [4.69, 9.17) is 9.26 Å². The van der Waals surface area contributed by atoms with Gasteiger partial charge in [0.2, 0.25) is 11.6 Å². The molecule has 0 bridgehead atoms. The first-order valence-corrected chi connectivity index (χ1v) is 9.55. The molecule has 2 aromatic carbocycles. The number of nitrogens with zero attached hydrogens (tertiary/aromatic N) is 7. The van der Waals surface area contributed by atoms with E-state index in [0.717, 1.165) is 0 Å². The van der Waals surface area contributed by atoms with Crippen molar-refractivity contribution in [2.75, 3.05) is 0 Å². The van der Waals surface area contributed by atoms with Gasteiger partial charge in [-0.15, -0.1) is 10.2 Å². The number of tetrazole rings is 1. The largest absolute Gasteiger partial charge is 0.459 e. The lowest BCUT2D eigenvalue weighted by atomic mass is 10.1. The number of carbonyl (C=O) groups is 1. The molecule has 12 heteroatoms. The Hall–Kier alpha value is -4.48. The van der Waals surface area contributed by atoms with E-state index < -0.39 is 10.9 Å². The molecule has 32 heavy (non-hydrogen) atoms. The lowest BCUT2D eigenvalue weighted by Crippen LogP contribution is -2.11. The van der Waals surface area contributed by atoms with Crippen LogP contribution in [0.1, 0.15) is 30.1 Å². The maximum absolute atomic E-state index is 12.1. The summed E-state index contributed by atoms with van der Waals surface area (Å²) in [6, 6.07) is 12.5. The molecular weight excluding hydrogens is 418 g/mol. The molecule has 0 fully saturated rings. The molecule has 0 spiro atoms. The topological polar surface area (TPSA) is 152 Å². The summed E-state index contributed by atoms with van der Waals surface area (Å²) >= 11 is 0. The molecule has 0 amide bonds. The molecule has 0 saturated heterocycles. The fraction of sp³-hybridized carbons (Fsp3) is 0.200. The third kappa shape index (κ3) is 4.64. The number of esters is 1. The maximum atomic E-state index is 12.1. The molecule has 4 aromatic rings. The van der Waals surface area contributed by atoms with E-state index in [1.165, 1.54) is 29.1 Å². The van der Waals surface area contributed by atoms with Crippen LogP contribution in [0.4, 0.5) is 5.69 Å². The Bertz CT molecular complexity index is 1260. The smallest absolute Gasteiger partial charge is 0.338 e. The molecule has 0 atom stereocenters. The van der Waals surface area contributed by atoms with Crippen molar-refractivity contribution < 1.29 is 19.0 Å². The van der Waals surface area contributed by atoms with Crippen LogP contribution in [0.15, 0.2) is 53.1 Å². The molecule has 2 aromatic heterocycles. The van der Waals surface area contributed by atoms with Gasteiger partial charge in [0.25, 0.3) is 11.6 Å². The summed E-state index contributed by atoms with van der Waals surface area (Å²) in [5.41, 5.74) is 1.53. The molecule has 0 unspecified atom stereocenters. The van der Waals surface area contributed by atoms with Gasteiger partial charge in [-0.3, -0.25) is 10.1 Å². The average molecular weight is 435 g/mol. The van der Waals surface area contributed by atoms with Crippen molar-refractivity contribution in [3.63, 3.8) is 0 Å². The lowest BCUT2D eigenvalue weighted by molar-refractivity contribution is -0.384. The van der Waals surface area contributed by atoms with Crippen LogP contribution in [0.5, 0.6) is 0 Å². The Kier molecular flexibility index (Phi) is 5.66. The Balaban J connectivity index is 1.47. The van der Waals surface area contributed by atoms with Crippen LogP contribution >= 0.6 is 0 Å². The number of hydrogen-bond acceptors (Lipinski definition) is 10. The molecule has 0 radical (unpaired) electrons. The number of nitro groups is 1. The van der Waals surface area contributed by atoms with Gasteiger partial charge in [0.1, 0.15) is 6.54 Å². The fourth-order valence-electron chi connectivity index (χ4n) is 2.78. The molecular formula is C20H17N7O5. The van der Waals surface area contributed by atoms with Crippen molar-refractivity contribution in [3.8, 4) is 22.8 Å². The first-order valence-electron chi connectivity index (χ1n) is 9.55. The number of benzene rings is 2. The van der Waals surface area contributed by atoms with Crippen molar-refractivity contribution >= 4 is 11.7 Å². The fourth-order valence-corrected chi connectivity index (χ4v) is 2.78. The Morgan fingerprint density at radius 1 is 1.16 bits per heavy atom. The van der Waals surface area contributed by atoms with E-state index in [0.29, 0.717) is 22.5 Å². The zero-order chi connectivity index (χ0) is 22.7. The Labute approximate surface area is 181 Å². The average Bonchev–Trinajstić information content (AvgIpc) is 3.44. The summed E-state index contributed by atoms with van der Waals surface area (Å²) < 4.78 is 10.4. The standard InChI is InChI=1S/C20H17N7O5/c1-12(2)31-20(28)15-5-3-4-14(10-15)19-22-25-26(23-19)11-17-21-18(24-32-17)13-6-8-16(9-7-13)27(29)30/h3-10,12H,11H2,1-2H3. The van der Waals surface area contributed by atoms with Gasteiger partial charge in [-0.05, 0) is 43.3 Å². The quantitative estimate of drug-likeness (QED) is 0.240. The van der Waals surface area contributed by atoms with Crippen LogP contribution in [0.3, 0.4) is 0 Å². The van der Waals surface area contributed by atoms with E-state index in [1.54, 1.807) is 38.1 Å². The highest BCUT2D eigenvalue weighted by Gasteiger charge is 2.15. The SMILES string of the molecule is CC(C)OC(=O)c1cccc(-c2nnn(Cc3nc(-c4ccc([N+](=O)[O-])cc4)no3)n2)c1. The molecule has 0 aliphatic rings. The van der Waals surface area contributed by atoms with Gasteiger partial charge in [0.15, 0.2) is 0 Å².